The van der Waals surface area contributed by atoms with Crippen molar-refractivity contribution in [3.05, 3.63) is 33.8 Å². The molecule has 0 aliphatic rings. The molecule has 0 saturated heterocycles. The fourth-order valence-electron chi connectivity index (χ4n) is 1.99. The van der Waals surface area contributed by atoms with Crippen molar-refractivity contribution < 1.29 is 4.74 Å². The molecule has 1 aromatic carbocycles. The maximum atomic E-state index is 5.98. The minimum absolute atomic E-state index is 0.749. The second-order valence-corrected chi connectivity index (χ2v) is 6.31. The van der Waals surface area contributed by atoms with Crippen LogP contribution in [0.3, 0.4) is 0 Å². The summed E-state index contributed by atoms with van der Waals surface area (Å²) in [4.78, 5) is 0. The molecule has 0 bridgehead atoms. The minimum atomic E-state index is 0.749. The maximum Gasteiger partial charge on any atom is 0.148 e. The molecule has 0 aliphatic carbocycles. The fraction of sp³-hybridized carbons (Fsp3) is 0.467. The van der Waals surface area contributed by atoms with E-state index >= 15 is 0 Å². The number of hydrogen-bond donors (Lipinski definition) is 1. The van der Waals surface area contributed by atoms with Crippen molar-refractivity contribution in [3.63, 3.8) is 0 Å². The first-order valence-electron chi connectivity index (χ1n) is 6.99. The lowest BCUT2D eigenvalue weighted by atomic mass is 10.1. The van der Waals surface area contributed by atoms with E-state index in [9.17, 15) is 0 Å². The van der Waals surface area contributed by atoms with Crippen LogP contribution >= 0.6 is 22.9 Å². The van der Waals surface area contributed by atoms with Gasteiger partial charge in [-0.25, -0.2) is 0 Å². The van der Waals surface area contributed by atoms with Crippen molar-refractivity contribution in [1.29, 1.82) is 0 Å². The Kier molecular flexibility index (Phi) is 6.57. The van der Waals surface area contributed by atoms with Crippen molar-refractivity contribution in [1.82, 2.24) is 15.5 Å². The highest BCUT2D eigenvalue weighted by molar-refractivity contribution is 7.14. The topological polar surface area (TPSA) is 47.0 Å². The van der Waals surface area contributed by atoms with Crippen molar-refractivity contribution in [3.8, 4) is 10.6 Å². The van der Waals surface area contributed by atoms with Crippen molar-refractivity contribution in [2.75, 3.05) is 26.8 Å². The normalized spacial score (nSPS) is 11.0. The van der Waals surface area contributed by atoms with Crippen LogP contribution in [-0.4, -0.2) is 37.0 Å². The molecule has 1 heterocycles. The van der Waals surface area contributed by atoms with Crippen LogP contribution in [-0.2, 0) is 11.2 Å². The molecule has 1 N–H and O–H groups in total. The predicted molar refractivity (Wildman–Crippen MR) is 88.2 cm³/mol. The summed E-state index contributed by atoms with van der Waals surface area (Å²) in [6, 6.07) is 5.86. The molecule has 6 heteroatoms. The Hall–Kier alpha value is -1.01. The molecule has 0 radical (unpaired) electrons. The molecule has 0 amide bonds. The summed E-state index contributed by atoms with van der Waals surface area (Å²) in [7, 11) is 1.71. The molecular weight excluding hydrogens is 306 g/mol. The Bertz CT molecular complexity index is 574. The average Bonchev–Trinajstić information content (AvgIpc) is 2.91. The number of benzene rings is 1. The fourth-order valence-corrected chi connectivity index (χ4v) is 3.19. The third-order valence-electron chi connectivity index (χ3n) is 3.11. The van der Waals surface area contributed by atoms with Gasteiger partial charge in [0.2, 0.25) is 0 Å². The molecule has 0 fully saturated rings. The molecule has 2 rings (SSSR count). The van der Waals surface area contributed by atoms with Crippen molar-refractivity contribution >= 4 is 22.9 Å². The quantitative estimate of drug-likeness (QED) is 0.756. The van der Waals surface area contributed by atoms with Crippen LogP contribution in [0.15, 0.2) is 18.2 Å². The Balaban J connectivity index is 1.86. The lowest BCUT2D eigenvalue weighted by molar-refractivity contribution is 0.199. The van der Waals surface area contributed by atoms with E-state index in [1.807, 2.05) is 25.1 Å². The van der Waals surface area contributed by atoms with Gasteiger partial charge in [-0.2, -0.15) is 0 Å². The van der Waals surface area contributed by atoms with Gasteiger partial charge in [-0.05, 0) is 37.6 Å². The lowest BCUT2D eigenvalue weighted by Gasteiger charge is -2.02. The lowest BCUT2D eigenvalue weighted by Crippen LogP contribution is -2.20. The number of rotatable bonds is 8. The SMILES string of the molecule is COCCNCCCc1nnc(-c2ccc(Cl)cc2C)s1. The van der Waals surface area contributed by atoms with Crippen LogP contribution in [0.4, 0.5) is 0 Å². The summed E-state index contributed by atoms with van der Waals surface area (Å²) in [5.74, 6) is 0. The molecule has 1 aromatic heterocycles. The van der Waals surface area contributed by atoms with Crippen LogP contribution in [0.1, 0.15) is 17.0 Å². The molecule has 2 aromatic rings. The average molecular weight is 326 g/mol. The van der Waals surface area contributed by atoms with Crippen molar-refractivity contribution in [2.24, 2.45) is 0 Å². The largest absolute Gasteiger partial charge is 0.383 e. The number of nitrogens with zero attached hydrogens (tertiary/aromatic N) is 2. The first-order chi connectivity index (χ1) is 10.2. The summed E-state index contributed by atoms with van der Waals surface area (Å²) in [6.07, 6.45) is 2.00. The third kappa shape index (κ3) is 5.04. The Morgan fingerprint density at radius 1 is 1.29 bits per heavy atom. The van der Waals surface area contributed by atoms with Crippen LogP contribution in [0.5, 0.6) is 0 Å². The van der Waals surface area contributed by atoms with Crippen LogP contribution in [0.25, 0.3) is 10.6 Å². The molecule has 0 saturated carbocycles. The van der Waals surface area contributed by atoms with Gasteiger partial charge in [0, 0.05) is 30.7 Å². The molecule has 0 aliphatic heterocycles. The zero-order valence-corrected chi connectivity index (χ0v) is 13.9. The first-order valence-corrected chi connectivity index (χ1v) is 8.18. The van der Waals surface area contributed by atoms with E-state index in [4.69, 9.17) is 16.3 Å². The summed E-state index contributed by atoms with van der Waals surface area (Å²) in [5, 5.41) is 14.7. The smallest absolute Gasteiger partial charge is 0.148 e. The van der Waals surface area contributed by atoms with E-state index in [0.717, 1.165) is 58.7 Å². The standard InChI is InChI=1S/C15H20ClN3OS/c1-11-10-12(16)5-6-13(11)15-19-18-14(21-15)4-3-7-17-8-9-20-2/h5-6,10,17H,3-4,7-9H2,1-2H3. The highest BCUT2D eigenvalue weighted by Crippen LogP contribution is 2.28. The molecule has 4 nitrogen and oxygen atoms in total. The number of aryl methyl sites for hydroxylation is 2. The predicted octanol–water partition coefficient (Wildman–Crippen LogP) is 3.34. The highest BCUT2D eigenvalue weighted by atomic mass is 35.5. The molecule has 0 spiro atoms. The highest BCUT2D eigenvalue weighted by Gasteiger charge is 2.09. The number of halogens is 1. The second kappa shape index (κ2) is 8.44. The van der Waals surface area contributed by atoms with Crippen LogP contribution < -0.4 is 5.32 Å². The van der Waals surface area contributed by atoms with Gasteiger partial charge < -0.3 is 10.1 Å². The third-order valence-corrected chi connectivity index (χ3v) is 4.36. The van der Waals surface area contributed by atoms with Crippen LogP contribution in [0.2, 0.25) is 5.02 Å². The maximum absolute atomic E-state index is 5.98. The number of hydrogen-bond acceptors (Lipinski definition) is 5. The van der Waals surface area contributed by atoms with Crippen LogP contribution in [0, 0.1) is 6.92 Å². The van der Waals surface area contributed by atoms with Gasteiger partial charge in [0.1, 0.15) is 10.0 Å². The zero-order chi connectivity index (χ0) is 15.1. The molecule has 0 atom stereocenters. The molecule has 114 valence electrons. The first kappa shape index (κ1) is 16.4. The van der Waals surface area contributed by atoms with E-state index in [-0.39, 0.29) is 0 Å². The molecular formula is C15H20ClN3OS. The van der Waals surface area contributed by atoms with Gasteiger partial charge in [-0.3, -0.25) is 0 Å². The molecule has 0 unspecified atom stereocenters. The summed E-state index contributed by atoms with van der Waals surface area (Å²) >= 11 is 7.64. The van der Waals surface area contributed by atoms with Gasteiger partial charge in [0.15, 0.2) is 0 Å². The van der Waals surface area contributed by atoms with E-state index in [0.29, 0.717) is 0 Å². The molecule has 21 heavy (non-hydrogen) atoms. The monoisotopic (exact) mass is 325 g/mol. The number of methoxy groups -OCH3 is 1. The van der Waals surface area contributed by atoms with Gasteiger partial charge in [0.05, 0.1) is 6.61 Å². The van der Waals surface area contributed by atoms with Gasteiger partial charge >= 0.3 is 0 Å². The second-order valence-electron chi connectivity index (χ2n) is 4.81. The van der Waals surface area contributed by atoms with Gasteiger partial charge in [-0.1, -0.05) is 29.0 Å². The summed E-state index contributed by atoms with van der Waals surface area (Å²) in [6.45, 7) is 4.65. The minimum Gasteiger partial charge on any atom is -0.383 e. The Morgan fingerprint density at radius 2 is 2.14 bits per heavy atom. The number of aromatic nitrogens is 2. The Morgan fingerprint density at radius 3 is 2.90 bits per heavy atom. The number of nitrogens with one attached hydrogen (secondary N) is 1. The van der Waals surface area contributed by atoms with Gasteiger partial charge in [-0.15, -0.1) is 10.2 Å². The number of ether oxygens (including phenoxy) is 1. The Labute approximate surface area is 134 Å². The van der Waals surface area contributed by atoms with Gasteiger partial charge in [0.25, 0.3) is 0 Å². The summed E-state index contributed by atoms with van der Waals surface area (Å²) < 4.78 is 4.99. The van der Waals surface area contributed by atoms with Crippen molar-refractivity contribution in [2.45, 2.75) is 19.8 Å². The zero-order valence-electron chi connectivity index (χ0n) is 12.4. The van der Waals surface area contributed by atoms with E-state index in [1.54, 1.807) is 18.4 Å². The van der Waals surface area contributed by atoms with E-state index in [1.165, 1.54) is 0 Å². The van der Waals surface area contributed by atoms with E-state index < -0.39 is 0 Å². The summed E-state index contributed by atoms with van der Waals surface area (Å²) in [5.41, 5.74) is 2.24. The van der Waals surface area contributed by atoms with E-state index in [2.05, 4.69) is 15.5 Å².